The molecule has 1 aliphatic carbocycles. The summed E-state index contributed by atoms with van der Waals surface area (Å²) < 4.78 is 10.8. The summed E-state index contributed by atoms with van der Waals surface area (Å²) in [5.41, 5.74) is 1.17. The van der Waals surface area contributed by atoms with Crippen LogP contribution >= 0.6 is 24.0 Å². The van der Waals surface area contributed by atoms with Gasteiger partial charge in [0.15, 0.2) is 12.6 Å². The van der Waals surface area contributed by atoms with Crippen LogP contribution in [0, 0.1) is 5.41 Å². The SMILES string of the molecule is CN=C(NCCCN1C(=O)COc2ccccc21)NCC1(CCOC)CCCC1.I. The average Bonchev–Trinajstić information content (AvgIpc) is 3.22. The molecule has 0 radical (unpaired) electrons. The fraction of sp³-hybridized carbons (Fsp3) is 0.636. The Bertz CT molecular complexity index is 707. The molecule has 3 rings (SSSR count). The van der Waals surface area contributed by atoms with Gasteiger partial charge in [-0.05, 0) is 43.2 Å². The Labute approximate surface area is 197 Å². The van der Waals surface area contributed by atoms with Crippen LogP contribution in [-0.4, -0.2) is 58.9 Å². The Balaban J connectivity index is 0.00000320. The van der Waals surface area contributed by atoms with Crippen molar-refractivity contribution in [1.29, 1.82) is 0 Å². The zero-order valence-corrected chi connectivity index (χ0v) is 20.4. The van der Waals surface area contributed by atoms with Gasteiger partial charge in [0.05, 0.1) is 5.69 Å². The lowest BCUT2D eigenvalue weighted by Gasteiger charge is -2.30. The molecular formula is C22H35IN4O3. The molecule has 8 heteroatoms. The van der Waals surface area contributed by atoms with E-state index in [1.807, 2.05) is 29.2 Å². The van der Waals surface area contributed by atoms with Crippen molar-refractivity contribution in [2.45, 2.75) is 38.5 Å². The quantitative estimate of drug-likeness (QED) is 0.222. The molecule has 1 saturated carbocycles. The highest BCUT2D eigenvalue weighted by atomic mass is 127. The van der Waals surface area contributed by atoms with E-state index in [1.165, 1.54) is 25.7 Å². The van der Waals surface area contributed by atoms with Crippen LogP contribution in [0.5, 0.6) is 5.75 Å². The third kappa shape index (κ3) is 6.47. The summed E-state index contributed by atoms with van der Waals surface area (Å²) in [6, 6.07) is 7.69. The molecule has 0 saturated heterocycles. The highest BCUT2D eigenvalue weighted by Crippen LogP contribution is 2.40. The van der Waals surface area contributed by atoms with Crippen LogP contribution in [0.25, 0.3) is 0 Å². The van der Waals surface area contributed by atoms with Gasteiger partial charge in [0, 0.05) is 40.4 Å². The molecule has 0 spiro atoms. The first-order valence-electron chi connectivity index (χ1n) is 10.6. The van der Waals surface area contributed by atoms with Crippen LogP contribution in [0.1, 0.15) is 38.5 Å². The number of methoxy groups -OCH3 is 1. The largest absolute Gasteiger partial charge is 0.482 e. The Morgan fingerprint density at radius 2 is 2.03 bits per heavy atom. The molecular weight excluding hydrogens is 495 g/mol. The fourth-order valence-electron chi connectivity index (χ4n) is 4.29. The number of carbonyl (C=O) groups excluding carboxylic acids is 1. The maximum absolute atomic E-state index is 12.2. The molecule has 2 N–H and O–H groups in total. The first kappa shape index (κ1) is 24.7. The fourth-order valence-corrected chi connectivity index (χ4v) is 4.29. The highest BCUT2D eigenvalue weighted by Gasteiger charge is 2.33. The predicted molar refractivity (Wildman–Crippen MR) is 131 cm³/mol. The Morgan fingerprint density at radius 1 is 1.27 bits per heavy atom. The van der Waals surface area contributed by atoms with Gasteiger partial charge in [-0.2, -0.15) is 0 Å². The molecule has 2 aliphatic rings. The van der Waals surface area contributed by atoms with E-state index in [2.05, 4.69) is 15.6 Å². The molecule has 1 aliphatic heterocycles. The lowest BCUT2D eigenvalue weighted by molar-refractivity contribution is -0.121. The van der Waals surface area contributed by atoms with Crippen LogP contribution in [0.2, 0.25) is 0 Å². The van der Waals surface area contributed by atoms with Gasteiger partial charge in [-0.25, -0.2) is 0 Å². The first-order chi connectivity index (χ1) is 14.2. The van der Waals surface area contributed by atoms with Crippen molar-refractivity contribution in [2.24, 2.45) is 10.4 Å². The van der Waals surface area contributed by atoms with Gasteiger partial charge in [-0.15, -0.1) is 24.0 Å². The lowest BCUT2D eigenvalue weighted by Crippen LogP contribution is -2.44. The van der Waals surface area contributed by atoms with Crippen LogP contribution in [-0.2, 0) is 9.53 Å². The number of amides is 1. The molecule has 1 aromatic rings. The van der Waals surface area contributed by atoms with Crippen molar-refractivity contribution in [3.8, 4) is 5.75 Å². The number of benzene rings is 1. The Hall–Kier alpha value is -1.55. The summed E-state index contributed by atoms with van der Waals surface area (Å²) in [5, 5.41) is 6.89. The Morgan fingerprint density at radius 3 is 2.77 bits per heavy atom. The van der Waals surface area contributed by atoms with Gasteiger partial charge in [0.2, 0.25) is 0 Å². The zero-order chi connectivity index (χ0) is 20.5. The van der Waals surface area contributed by atoms with Gasteiger partial charge in [0.25, 0.3) is 5.91 Å². The topological polar surface area (TPSA) is 75.2 Å². The van der Waals surface area contributed by atoms with Crippen LogP contribution in [0.15, 0.2) is 29.3 Å². The molecule has 0 atom stereocenters. The van der Waals surface area contributed by atoms with Crippen LogP contribution in [0.3, 0.4) is 0 Å². The van der Waals surface area contributed by atoms with Crippen molar-refractivity contribution in [2.75, 3.05) is 51.9 Å². The van der Waals surface area contributed by atoms with Crippen LogP contribution in [0.4, 0.5) is 5.69 Å². The van der Waals surface area contributed by atoms with E-state index in [4.69, 9.17) is 9.47 Å². The van der Waals surface area contributed by atoms with Crippen molar-refractivity contribution in [3.05, 3.63) is 24.3 Å². The summed E-state index contributed by atoms with van der Waals surface area (Å²) in [6.07, 6.45) is 7.01. The minimum atomic E-state index is 0. The predicted octanol–water partition coefficient (Wildman–Crippen LogP) is 3.18. The van der Waals surface area contributed by atoms with Crippen LogP contribution < -0.4 is 20.3 Å². The van der Waals surface area contributed by atoms with E-state index in [0.717, 1.165) is 49.9 Å². The third-order valence-electron chi connectivity index (χ3n) is 6.01. The van der Waals surface area contributed by atoms with Crippen molar-refractivity contribution in [3.63, 3.8) is 0 Å². The second kappa shape index (κ2) is 12.3. The van der Waals surface area contributed by atoms with E-state index < -0.39 is 0 Å². The van der Waals surface area contributed by atoms with E-state index in [0.29, 0.717) is 12.0 Å². The number of para-hydroxylation sites is 2. The first-order valence-corrected chi connectivity index (χ1v) is 10.6. The maximum atomic E-state index is 12.2. The number of nitrogens with one attached hydrogen (secondary N) is 2. The summed E-state index contributed by atoms with van der Waals surface area (Å²) in [6.45, 7) is 3.24. The van der Waals surface area contributed by atoms with Crippen molar-refractivity contribution >= 4 is 41.5 Å². The third-order valence-corrected chi connectivity index (χ3v) is 6.01. The maximum Gasteiger partial charge on any atom is 0.265 e. The van der Waals surface area contributed by atoms with Crippen molar-refractivity contribution in [1.82, 2.24) is 10.6 Å². The summed E-state index contributed by atoms with van der Waals surface area (Å²) in [7, 11) is 3.57. The molecule has 7 nitrogen and oxygen atoms in total. The van der Waals surface area contributed by atoms with E-state index >= 15 is 0 Å². The number of hydrogen-bond donors (Lipinski definition) is 2. The number of carbonyl (C=O) groups is 1. The van der Waals surface area contributed by atoms with Gasteiger partial charge in [-0.3, -0.25) is 9.79 Å². The minimum Gasteiger partial charge on any atom is -0.482 e. The molecule has 1 amide bonds. The second-order valence-corrected chi connectivity index (χ2v) is 7.96. The summed E-state index contributed by atoms with van der Waals surface area (Å²) in [4.78, 5) is 18.4. The highest BCUT2D eigenvalue weighted by molar-refractivity contribution is 14.0. The standard InChI is InChI=1S/C22H34N4O3.HI/c1-23-21(25-17-22(12-15-28-2)10-5-6-11-22)24-13-7-14-26-18-8-3-4-9-19(18)29-16-20(26)27;/h3-4,8-9H,5-7,10-17H2,1-2H3,(H2,23,24,25);1H. The average molecular weight is 530 g/mol. The molecule has 0 unspecified atom stereocenters. The summed E-state index contributed by atoms with van der Waals surface area (Å²) >= 11 is 0. The normalized spacial score (nSPS) is 17.7. The number of fused-ring (bicyclic) bond motifs is 1. The molecule has 168 valence electrons. The van der Waals surface area contributed by atoms with E-state index in [1.54, 1.807) is 14.2 Å². The number of aliphatic imine (C=N–C) groups is 1. The molecule has 1 aromatic carbocycles. The number of hydrogen-bond acceptors (Lipinski definition) is 4. The zero-order valence-electron chi connectivity index (χ0n) is 18.1. The molecule has 0 aromatic heterocycles. The van der Waals surface area contributed by atoms with Gasteiger partial charge < -0.3 is 25.0 Å². The number of nitrogens with zero attached hydrogens (tertiary/aromatic N) is 2. The monoisotopic (exact) mass is 530 g/mol. The van der Waals surface area contributed by atoms with Gasteiger partial charge in [0.1, 0.15) is 5.75 Å². The number of ether oxygens (including phenoxy) is 2. The van der Waals surface area contributed by atoms with Gasteiger partial charge in [-0.1, -0.05) is 25.0 Å². The van der Waals surface area contributed by atoms with Crippen molar-refractivity contribution < 1.29 is 14.3 Å². The van der Waals surface area contributed by atoms with Gasteiger partial charge >= 0.3 is 0 Å². The number of guanidine groups is 1. The molecule has 30 heavy (non-hydrogen) atoms. The number of rotatable bonds is 9. The molecule has 0 bridgehead atoms. The number of halogens is 1. The second-order valence-electron chi connectivity index (χ2n) is 7.96. The molecule has 1 heterocycles. The smallest absolute Gasteiger partial charge is 0.265 e. The van der Waals surface area contributed by atoms with E-state index in [-0.39, 0.29) is 36.5 Å². The Kier molecular flexibility index (Phi) is 10.2. The van der Waals surface area contributed by atoms with E-state index in [9.17, 15) is 4.79 Å². The lowest BCUT2D eigenvalue weighted by atomic mass is 9.83. The minimum absolute atomic E-state index is 0. The number of anilines is 1. The summed E-state index contributed by atoms with van der Waals surface area (Å²) in [5.74, 6) is 1.60. The molecule has 1 fully saturated rings.